The minimum absolute atomic E-state index is 0.639. The number of rotatable bonds is 4. The topological polar surface area (TPSA) is 51.8 Å². The Hall–Kier alpha value is -1.10. The maximum Gasteiger partial charge on any atom is 0.102 e. The first kappa shape index (κ1) is 12.4. The molecule has 88 valence electrons. The molecule has 2 N–H and O–H groups in total. The summed E-state index contributed by atoms with van der Waals surface area (Å²) >= 11 is 7.28. The molecular formula is C12H12ClN3S. The largest absolute Gasteiger partial charge is 0.330 e. The molecule has 5 heteroatoms. The van der Waals surface area contributed by atoms with Crippen molar-refractivity contribution < 1.29 is 0 Å². The first-order chi connectivity index (χ1) is 8.28. The van der Waals surface area contributed by atoms with E-state index in [0.29, 0.717) is 11.6 Å². The lowest BCUT2D eigenvalue weighted by molar-refractivity contribution is 0.945. The van der Waals surface area contributed by atoms with Crippen LogP contribution in [-0.4, -0.2) is 16.5 Å². The number of aromatic nitrogens is 2. The van der Waals surface area contributed by atoms with Crippen molar-refractivity contribution in [1.82, 2.24) is 9.97 Å². The van der Waals surface area contributed by atoms with Crippen LogP contribution in [0.5, 0.6) is 0 Å². The molecule has 0 unspecified atom stereocenters. The van der Waals surface area contributed by atoms with Gasteiger partial charge in [-0.05, 0) is 36.7 Å². The fraction of sp³-hybridized carbons (Fsp3) is 0.167. The standard InChI is InChI=1S/C12H12ClN3S/c13-10-2-4-12(16-8-10)17-11-3-1-9(5-6-14)7-15-11/h1-4,7-8H,5-6,14H2. The third kappa shape index (κ3) is 3.70. The predicted octanol–water partition coefficient (Wildman–Crippen LogP) is 2.78. The number of nitrogens with zero attached hydrogens (tertiary/aromatic N) is 2. The summed E-state index contributed by atoms with van der Waals surface area (Å²) in [5.74, 6) is 0. The molecule has 2 rings (SSSR count). The number of hydrogen-bond donors (Lipinski definition) is 1. The van der Waals surface area contributed by atoms with Gasteiger partial charge in [0.2, 0.25) is 0 Å². The van der Waals surface area contributed by atoms with Crippen molar-refractivity contribution in [2.75, 3.05) is 6.54 Å². The molecule has 3 nitrogen and oxygen atoms in total. The molecule has 0 aromatic carbocycles. The molecule has 0 aliphatic carbocycles. The highest BCUT2D eigenvalue weighted by Crippen LogP contribution is 2.24. The second-order valence-corrected chi connectivity index (χ2v) is 4.94. The number of halogens is 1. The summed E-state index contributed by atoms with van der Waals surface area (Å²) in [6, 6.07) is 7.71. The van der Waals surface area contributed by atoms with Crippen LogP contribution in [0.2, 0.25) is 5.02 Å². The Morgan fingerprint density at radius 3 is 2.29 bits per heavy atom. The van der Waals surface area contributed by atoms with Crippen LogP contribution in [0.1, 0.15) is 5.56 Å². The van der Waals surface area contributed by atoms with Gasteiger partial charge in [-0.25, -0.2) is 9.97 Å². The van der Waals surface area contributed by atoms with E-state index in [-0.39, 0.29) is 0 Å². The van der Waals surface area contributed by atoms with Crippen molar-refractivity contribution in [2.24, 2.45) is 5.73 Å². The smallest absolute Gasteiger partial charge is 0.102 e. The minimum atomic E-state index is 0.639. The fourth-order valence-electron chi connectivity index (χ4n) is 1.32. The summed E-state index contributed by atoms with van der Waals surface area (Å²) in [6.07, 6.45) is 4.34. The van der Waals surface area contributed by atoms with E-state index in [4.69, 9.17) is 17.3 Å². The van der Waals surface area contributed by atoms with Crippen molar-refractivity contribution in [3.63, 3.8) is 0 Å². The van der Waals surface area contributed by atoms with E-state index in [2.05, 4.69) is 9.97 Å². The molecule has 0 fully saturated rings. The van der Waals surface area contributed by atoms with Gasteiger partial charge in [0, 0.05) is 12.4 Å². The zero-order valence-electron chi connectivity index (χ0n) is 9.14. The monoisotopic (exact) mass is 265 g/mol. The molecule has 0 aliphatic heterocycles. The van der Waals surface area contributed by atoms with Crippen molar-refractivity contribution in [3.8, 4) is 0 Å². The second kappa shape index (κ2) is 6.00. The Morgan fingerprint density at radius 1 is 1.06 bits per heavy atom. The molecular weight excluding hydrogens is 254 g/mol. The normalized spacial score (nSPS) is 10.5. The molecule has 0 radical (unpaired) electrons. The van der Waals surface area contributed by atoms with E-state index in [1.807, 2.05) is 30.5 Å². The molecule has 0 aliphatic rings. The van der Waals surface area contributed by atoms with E-state index >= 15 is 0 Å². The summed E-state index contributed by atoms with van der Waals surface area (Å²) in [4.78, 5) is 8.55. The van der Waals surface area contributed by atoms with Crippen LogP contribution in [0.3, 0.4) is 0 Å². The highest BCUT2D eigenvalue weighted by Gasteiger charge is 2.00. The molecule has 0 spiro atoms. The second-order valence-electron chi connectivity index (χ2n) is 3.46. The van der Waals surface area contributed by atoms with Gasteiger partial charge in [-0.3, -0.25) is 0 Å². The van der Waals surface area contributed by atoms with Crippen LogP contribution in [-0.2, 0) is 6.42 Å². The van der Waals surface area contributed by atoms with E-state index < -0.39 is 0 Å². The maximum atomic E-state index is 5.77. The zero-order valence-corrected chi connectivity index (χ0v) is 10.7. The predicted molar refractivity (Wildman–Crippen MR) is 70.4 cm³/mol. The average molecular weight is 266 g/mol. The Morgan fingerprint density at radius 2 is 1.76 bits per heavy atom. The van der Waals surface area contributed by atoms with Gasteiger partial charge in [0.25, 0.3) is 0 Å². The van der Waals surface area contributed by atoms with Crippen LogP contribution >= 0.6 is 23.4 Å². The lowest BCUT2D eigenvalue weighted by atomic mass is 10.2. The summed E-state index contributed by atoms with van der Waals surface area (Å²) in [5.41, 5.74) is 6.63. The van der Waals surface area contributed by atoms with Gasteiger partial charge < -0.3 is 5.73 Å². The summed E-state index contributed by atoms with van der Waals surface area (Å²) in [5, 5.41) is 2.44. The van der Waals surface area contributed by atoms with Gasteiger partial charge in [0.05, 0.1) is 5.02 Å². The third-order valence-electron chi connectivity index (χ3n) is 2.14. The highest BCUT2D eigenvalue weighted by molar-refractivity contribution is 7.99. The molecule has 2 heterocycles. The van der Waals surface area contributed by atoms with E-state index in [9.17, 15) is 0 Å². The molecule has 0 atom stereocenters. The van der Waals surface area contributed by atoms with Crippen LogP contribution in [0.15, 0.2) is 46.7 Å². The van der Waals surface area contributed by atoms with Gasteiger partial charge in [0.1, 0.15) is 10.1 Å². The van der Waals surface area contributed by atoms with Gasteiger partial charge in [-0.1, -0.05) is 29.4 Å². The first-order valence-electron chi connectivity index (χ1n) is 5.22. The molecule has 0 saturated heterocycles. The van der Waals surface area contributed by atoms with Crippen molar-refractivity contribution >= 4 is 23.4 Å². The Balaban J connectivity index is 2.05. The van der Waals surface area contributed by atoms with Crippen molar-refractivity contribution in [3.05, 3.63) is 47.2 Å². The lowest BCUT2D eigenvalue weighted by Gasteiger charge is -2.02. The molecule has 0 bridgehead atoms. The van der Waals surface area contributed by atoms with Crippen LogP contribution in [0, 0.1) is 0 Å². The maximum absolute atomic E-state index is 5.77. The first-order valence-corrected chi connectivity index (χ1v) is 6.42. The highest BCUT2D eigenvalue weighted by atomic mass is 35.5. The molecule has 2 aromatic heterocycles. The van der Waals surface area contributed by atoms with Gasteiger partial charge in [-0.15, -0.1) is 0 Å². The van der Waals surface area contributed by atoms with Gasteiger partial charge in [-0.2, -0.15) is 0 Å². The summed E-state index contributed by atoms with van der Waals surface area (Å²) in [7, 11) is 0. The summed E-state index contributed by atoms with van der Waals surface area (Å²) in [6.45, 7) is 0.646. The molecule has 17 heavy (non-hydrogen) atoms. The Kier molecular flexibility index (Phi) is 4.36. The molecule has 2 aromatic rings. The van der Waals surface area contributed by atoms with Crippen LogP contribution in [0.4, 0.5) is 0 Å². The summed E-state index contributed by atoms with van der Waals surface area (Å²) < 4.78 is 0. The van der Waals surface area contributed by atoms with Crippen LogP contribution < -0.4 is 5.73 Å². The number of pyridine rings is 2. The van der Waals surface area contributed by atoms with Crippen LogP contribution in [0.25, 0.3) is 0 Å². The van der Waals surface area contributed by atoms with E-state index in [0.717, 1.165) is 22.0 Å². The quantitative estimate of drug-likeness (QED) is 0.924. The number of nitrogens with two attached hydrogens (primary N) is 1. The van der Waals surface area contributed by atoms with Gasteiger partial charge in [0.15, 0.2) is 0 Å². The molecule has 0 saturated carbocycles. The van der Waals surface area contributed by atoms with E-state index in [1.165, 1.54) is 11.8 Å². The fourth-order valence-corrected chi connectivity index (χ4v) is 2.12. The third-order valence-corrected chi connectivity index (χ3v) is 3.26. The van der Waals surface area contributed by atoms with Crippen molar-refractivity contribution in [1.29, 1.82) is 0 Å². The SMILES string of the molecule is NCCc1ccc(Sc2ccc(Cl)cn2)nc1. The zero-order chi connectivity index (χ0) is 12.1. The lowest BCUT2D eigenvalue weighted by Crippen LogP contribution is -2.02. The average Bonchev–Trinajstić information content (AvgIpc) is 2.35. The minimum Gasteiger partial charge on any atom is -0.330 e. The van der Waals surface area contributed by atoms with E-state index in [1.54, 1.807) is 6.20 Å². The molecule has 0 amide bonds. The Labute approximate surface area is 109 Å². The number of hydrogen-bond acceptors (Lipinski definition) is 4. The van der Waals surface area contributed by atoms with Gasteiger partial charge >= 0.3 is 0 Å². The van der Waals surface area contributed by atoms with Crippen molar-refractivity contribution in [2.45, 2.75) is 16.5 Å². The Bertz CT molecular complexity index is 470.